The molecule has 2 rings (SSSR count). The number of aryl methyl sites for hydroxylation is 1. The number of hydrogen-bond donors (Lipinski definition) is 1. The van der Waals surface area contributed by atoms with Crippen LogP contribution in [0.1, 0.15) is 76.7 Å². The monoisotopic (exact) mass is 472 g/mol. The molecule has 0 spiro atoms. The molecule has 0 heterocycles. The van der Waals surface area contributed by atoms with Crippen LogP contribution in [-0.2, 0) is 16.5 Å². The molecular weight excluding hydrogens is 439 g/mol. The molecule has 5 nitrogen and oxygen atoms in total. The number of benzene rings is 2. The van der Waals surface area contributed by atoms with Crippen molar-refractivity contribution in [2.45, 2.75) is 82.4 Å². The molecule has 166 valence electrons. The number of rotatable bonds is 14. The number of ether oxygens (including phenoxy) is 1. The molecule has 0 aliphatic carbocycles. The number of unbranched alkanes of at least 4 members (excludes halogenated alkanes) is 9. The van der Waals surface area contributed by atoms with E-state index in [1.165, 1.54) is 82.1 Å². The Labute approximate surface area is 229 Å². The van der Waals surface area contributed by atoms with Crippen LogP contribution in [0.2, 0.25) is 0 Å². The summed E-state index contributed by atoms with van der Waals surface area (Å²) in [7, 11) is -4.32. The Balaban J connectivity index is 0.00000480. The van der Waals surface area contributed by atoms with Crippen molar-refractivity contribution < 1.29 is 74.2 Å². The quantitative estimate of drug-likeness (QED) is 0.259. The van der Waals surface area contributed by atoms with E-state index in [4.69, 9.17) is 9.29 Å². The zero-order valence-corrected chi connectivity index (χ0v) is 22.7. The van der Waals surface area contributed by atoms with E-state index in [-0.39, 0.29) is 73.5 Å². The van der Waals surface area contributed by atoms with E-state index in [1.807, 2.05) is 6.07 Å². The molecule has 0 saturated carbocycles. The standard InChI is InChI=1S/C24H34O5S.K/c1-2-3-4-5-6-7-8-9-10-11-13-20-16-17-23(25)24(18-20)29-21-14-12-15-22(19-21)30(26,27)28;/h12,14-19,25H,2-11,13H2,1H3,(H,26,27,28);/q;+1/p-1. The fourth-order valence-corrected chi connectivity index (χ4v) is 3.95. The van der Waals surface area contributed by atoms with Crippen LogP contribution in [-0.4, -0.2) is 13.0 Å². The first kappa shape index (κ1) is 28.6. The zero-order chi connectivity index (χ0) is 21.8. The van der Waals surface area contributed by atoms with Gasteiger partial charge in [-0.25, -0.2) is 0 Å². The van der Waals surface area contributed by atoms with Crippen molar-refractivity contribution in [3.63, 3.8) is 0 Å². The predicted octanol–water partition coefficient (Wildman–Crippen LogP) is 3.27. The van der Waals surface area contributed by atoms with E-state index >= 15 is 0 Å². The molecule has 2 aromatic rings. The van der Waals surface area contributed by atoms with Gasteiger partial charge in [-0.15, -0.1) is 0 Å². The third kappa shape index (κ3) is 11.3. The van der Waals surface area contributed by atoms with Gasteiger partial charge in [-0.3, -0.25) is 4.55 Å². The Bertz CT molecular complexity index is 883. The van der Waals surface area contributed by atoms with E-state index in [1.54, 1.807) is 12.1 Å². The molecule has 0 radical (unpaired) electrons. The first-order valence-electron chi connectivity index (χ1n) is 11.0. The van der Waals surface area contributed by atoms with Gasteiger partial charge >= 0.3 is 51.4 Å². The van der Waals surface area contributed by atoms with Crippen LogP contribution in [0.4, 0.5) is 0 Å². The average Bonchev–Trinajstić information content (AvgIpc) is 2.71. The maximum absolute atomic E-state index is 12.1. The summed E-state index contributed by atoms with van der Waals surface area (Å²) in [5.74, 6) is 0.0875. The Morgan fingerprint density at radius 1 is 0.871 bits per heavy atom. The van der Waals surface area contributed by atoms with Crippen molar-refractivity contribution in [3.05, 3.63) is 48.0 Å². The van der Waals surface area contributed by atoms with Crippen molar-refractivity contribution in [1.29, 1.82) is 0 Å². The molecule has 0 fully saturated rings. The van der Waals surface area contributed by atoms with Crippen LogP contribution in [0.3, 0.4) is 0 Å². The molecule has 0 saturated heterocycles. The fourth-order valence-electron chi connectivity index (χ4n) is 3.43. The van der Waals surface area contributed by atoms with Crippen molar-refractivity contribution >= 4 is 10.1 Å². The van der Waals surface area contributed by atoms with E-state index in [0.717, 1.165) is 18.4 Å². The second-order valence-electron chi connectivity index (χ2n) is 7.77. The van der Waals surface area contributed by atoms with Gasteiger partial charge in [0.05, 0.1) is 4.90 Å². The zero-order valence-electron chi connectivity index (χ0n) is 18.8. The van der Waals surface area contributed by atoms with E-state index in [0.29, 0.717) is 0 Å². The smallest absolute Gasteiger partial charge is 0.870 e. The van der Waals surface area contributed by atoms with Gasteiger partial charge in [0.2, 0.25) is 0 Å². The minimum atomic E-state index is -4.32. The van der Waals surface area contributed by atoms with Gasteiger partial charge in [0, 0.05) is 6.07 Å². The van der Waals surface area contributed by atoms with E-state index < -0.39 is 10.1 Å². The summed E-state index contributed by atoms with van der Waals surface area (Å²) < 4.78 is 37.3. The second-order valence-corrected chi connectivity index (χ2v) is 9.19. The van der Waals surface area contributed by atoms with Crippen molar-refractivity contribution in [2.75, 3.05) is 0 Å². The van der Waals surface area contributed by atoms with Crippen LogP contribution in [0.15, 0.2) is 47.4 Å². The molecule has 0 amide bonds. The summed E-state index contributed by atoms with van der Waals surface area (Å²) >= 11 is 0. The minimum absolute atomic E-state index is 0. The second kappa shape index (κ2) is 15.4. The van der Waals surface area contributed by atoms with Gasteiger partial charge in [0.15, 0.2) is 0 Å². The Hall–Kier alpha value is -0.414. The van der Waals surface area contributed by atoms with Gasteiger partial charge in [-0.05, 0) is 36.6 Å². The molecule has 1 N–H and O–H groups in total. The van der Waals surface area contributed by atoms with Crippen molar-refractivity contribution in [2.24, 2.45) is 0 Å². The first-order valence-corrected chi connectivity index (χ1v) is 12.4. The van der Waals surface area contributed by atoms with Crippen LogP contribution in [0, 0.1) is 0 Å². The van der Waals surface area contributed by atoms with Gasteiger partial charge in [0.25, 0.3) is 10.1 Å². The van der Waals surface area contributed by atoms with Crippen molar-refractivity contribution in [1.82, 2.24) is 0 Å². The molecule has 0 aromatic heterocycles. The third-order valence-electron chi connectivity index (χ3n) is 5.16. The van der Waals surface area contributed by atoms with Crippen LogP contribution in [0.5, 0.6) is 17.2 Å². The Morgan fingerprint density at radius 3 is 2.10 bits per heavy atom. The third-order valence-corrected chi connectivity index (χ3v) is 6.01. The summed E-state index contributed by atoms with van der Waals surface area (Å²) in [6.45, 7) is 2.24. The summed E-state index contributed by atoms with van der Waals surface area (Å²) in [6.07, 6.45) is 13.6. The van der Waals surface area contributed by atoms with Crippen LogP contribution in [0.25, 0.3) is 0 Å². The van der Waals surface area contributed by atoms with Gasteiger partial charge in [-0.1, -0.05) is 88.7 Å². The van der Waals surface area contributed by atoms with E-state index in [9.17, 15) is 13.5 Å². The van der Waals surface area contributed by atoms with Gasteiger partial charge in [0.1, 0.15) is 11.5 Å². The minimum Gasteiger partial charge on any atom is -0.870 e. The molecule has 0 atom stereocenters. The molecule has 0 unspecified atom stereocenters. The molecule has 7 heteroatoms. The molecule has 0 aliphatic rings. The molecule has 2 aromatic carbocycles. The fraction of sp³-hybridized carbons (Fsp3) is 0.500. The predicted molar refractivity (Wildman–Crippen MR) is 118 cm³/mol. The van der Waals surface area contributed by atoms with E-state index in [2.05, 4.69) is 6.92 Å². The topological polar surface area (TPSA) is 86.7 Å². The normalized spacial score (nSPS) is 11.2. The average molecular weight is 473 g/mol. The summed E-state index contributed by atoms with van der Waals surface area (Å²) in [6, 6.07) is 10.5. The van der Waals surface area contributed by atoms with Crippen LogP contribution < -0.4 is 61.2 Å². The number of hydrogen-bond acceptors (Lipinski definition) is 4. The first-order chi connectivity index (χ1) is 14.4. The van der Waals surface area contributed by atoms with Gasteiger partial charge < -0.3 is 9.84 Å². The summed E-state index contributed by atoms with van der Waals surface area (Å²) in [4.78, 5) is -0.269. The molecule has 31 heavy (non-hydrogen) atoms. The Kier molecular flexibility index (Phi) is 14.2. The molecular formula is C24H33KO5S. The van der Waals surface area contributed by atoms with Crippen molar-refractivity contribution in [3.8, 4) is 17.2 Å². The summed E-state index contributed by atoms with van der Waals surface area (Å²) in [5.41, 5.74) is 1.02. The maximum Gasteiger partial charge on any atom is 1.00 e. The Morgan fingerprint density at radius 2 is 1.48 bits per heavy atom. The maximum atomic E-state index is 12.1. The summed E-state index contributed by atoms with van der Waals surface area (Å²) in [5, 5.41) is 12.1. The van der Waals surface area contributed by atoms with Crippen LogP contribution >= 0.6 is 0 Å². The largest absolute Gasteiger partial charge is 1.00 e. The molecule has 0 aliphatic heterocycles. The SMILES string of the molecule is CCCCCCCCCCCCc1ccc([O-])c(Oc2cccc(S(=O)(=O)O)c2)c1.[K+]. The molecule has 0 bridgehead atoms. The van der Waals surface area contributed by atoms with Gasteiger partial charge in [-0.2, -0.15) is 8.42 Å².